The van der Waals surface area contributed by atoms with Crippen LogP contribution >= 0.6 is 0 Å². The molecule has 0 aliphatic rings. The van der Waals surface area contributed by atoms with Crippen LogP contribution in [0.1, 0.15) is 50.8 Å². The molecule has 0 aliphatic heterocycles. The van der Waals surface area contributed by atoms with Gasteiger partial charge in [0.1, 0.15) is 5.69 Å². The SMILES string of the molecule is CC(=O)c1nc2c(C)c(C)c(C)c(C)c2c(C)c1C. The molecule has 0 saturated carbocycles. The number of ketones is 1. The van der Waals surface area contributed by atoms with Crippen molar-refractivity contribution in [3.8, 4) is 0 Å². The second-order valence-electron chi connectivity index (χ2n) is 5.49. The fourth-order valence-electron chi connectivity index (χ4n) is 2.79. The predicted octanol–water partition coefficient (Wildman–Crippen LogP) is 4.29. The van der Waals surface area contributed by atoms with E-state index in [2.05, 4.69) is 39.6 Å². The van der Waals surface area contributed by atoms with Gasteiger partial charge in [-0.25, -0.2) is 4.98 Å². The minimum atomic E-state index is 0.0396. The average molecular weight is 255 g/mol. The van der Waals surface area contributed by atoms with Crippen LogP contribution in [0.5, 0.6) is 0 Å². The summed E-state index contributed by atoms with van der Waals surface area (Å²) in [6, 6.07) is 0. The Balaban J connectivity index is 3.10. The van der Waals surface area contributed by atoms with Crippen LogP contribution in [-0.2, 0) is 0 Å². The molecule has 0 radical (unpaired) electrons. The van der Waals surface area contributed by atoms with Gasteiger partial charge < -0.3 is 0 Å². The molecule has 0 unspecified atom stereocenters. The summed E-state index contributed by atoms with van der Waals surface area (Å²) < 4.78 is 0. The van der Waals surface area contributed by atoms with Crippen molar-refractivity contribution in [2.75, 3.05) is 0 Å². The predicted molar refractivity (Wildman–Crippen MR) is 80.2 cm³/mol. The van der Waals surface area contributed by atoms with E-state index in [0.717, 1.165) is 11.1 Å². The van der Waals surface area contributed by atoms with Crippen molar-refractivity contribution in [1.82, 2.24) is 4.98 Å². The van der Waals surface area contributed by atoms with Crippen molar-refractivity contribution in [3.63, 3.8) is 0 Å². The van der Waals surface area contributed by atoms with E-state index in [4.69, 9.17) is 0 Å². The first-order valence-corrected chi connectivity index (χ1v) is 6.65. The Bertz CT molecular complexity index is 711. The number of fused-ring (bicyclic) bond motifs is 1. The summed E-state index contributed by atoms with van der Waals surface area (Å²) in [5.74, 6) is 0.0396. The van der Waals surface area contributed by atoms with Crippen molar-refractivity contribution in [2.24, 2.45) is 0 Å². The van der Waals surface area contributed by atoms with Crippen LogP contribution in [-0.4, -0.2) is 10.8 Å². The molecule has 2 nitrogen and oxygen atoms in total. The molecule has 2 aromatic rings. The van der Waals surface area contributed by atoms with Crippen LogP contribution in [0, 0.1) is 41.5 Å². The smallest absolute Gasteiger partial charge is 0.178 e. The lowest BCUT2D eigenvalue weighted by molar-refractivity contribution is 0.101. The van der Waals surface area contributed by atoms with Crippen molar-refractivity contribution >= 4 is 16.7 Å². The largest absolute Gasteiger partial charge is 0.293 e. The van der Waals surface area contributed by atoms with Crippen LogP contribution in [0.2, 0.25) is 0 Å². The molecule has 0 amide bonds. The maximum atomic E-state index is 11.7. The number of benzene rings is 1. The Hall–Kier alpha value is -1.70. The van der Waals surface area contributed by atoms with E-state index < -0.39 is 0 Å². The number of hydrogen-bond acceptors (Lipinski definition) is 2. The van der Waals surface area contributed by atoms with E-state index in [0.29, 0.717) is 5.69 Å². The van der Waals surface area contributed by atoms with Gasteiger partial charge in [-0.15, -0.1) is 0 Å². The molecule has 0 N–H and O–H groups in total. The molecule has 0 aliphatic carbocycles. The van der Waals surface area contributed by atoms with E-state index in [1.54, 1.807) is 6.92 Å². The third-order valence-electron chi connectivity index (χ3n) is 4.50. The van der Waals surface area contributed by atoms with E-state index in [9.17, 15) is 4.79 Å². The van der Waals surface area contributed by atoms with Crippen molar-refractivity contribution < 1.29 is 4.79 Å². The number of carbonyl (C=O) groups excluding carboxylic acids is 1. The first-order valence-electron chi connectivity index (χ1n) is 6.65. The minimum Gasteiger partial charge on any atom is -0.293 e. The van der Waals surface area contributed by atoms with Gasteiger partial charge in [0.2, 0.25) is 0 Å². The van der Waals surface area contributed by atoms with Crippen LogP contribution in [0.15, 0.2) is 0 Å². The molecule has 1 aromatic heterocycles. The van der Waals surface area contributed by atoms with Crippen LogP contribution in [0.3, 0.4) is 0 Å². The van der Waals surface area contributed by atoms with Gasteiger partial charge in [-0.3, -0.25) is 4.79 Å². The summed E-state index contributed by atoms with van der Waals surface area (Å²) >= 11 is 0. The highest BCUT2D eigenvalue weighted by molar-refractivity contribution is 5.99. The molecule has 0 saturated heterocycles. The molecule has 0 atom stereocenters. The monoisotopic (exact) mass is 255 g/mol. The second kappa shape index (κ2) is 4.44. The van der Waals surface area contributed by atoms with Gasteiger partial charge in [-0.1, -0.05) is 0 Å². The molecule has 2 rings (SSSR count). The van der Waals surface area contributed by atoms with Crippen LogP contribution < -0.4 is 0 Å². The molecule has 19 heavy (non-hydrogen) atoms. The van der Waals surface area contributed by atoms with Gasteiger partial charge >= 0.3 is 0 Å². The summed E-state index contributed by atoms with van der Waals surface area (Å²) in [5, 5.41) is 1.21. The molecule has 0 bridgehead atoms. The van der Waals surface area contributed by atoms with Gasteiger partial charge in [-0.05, 0) is 74.9 Å². The lowest BCUT2D eigenvalue weighted by Crippen LogP contribution is -2.06. The standard InChI is InChI=1S/C17H21NO/c1-8-9(2)12(5)17-15(10(8)3)11(4)13(6)16(18-17)14(7)19/h1-7H3. The summed E-state index contributed by atoms with van der Waals surface area (Å²) in [7, 11) is 0. The van der Waals surface area contributed by atoms with Crippen molar-refractivity contribution in [1.29, 1.82) is 0 Å². The number of carbonyl (C=O) groups is 1. The van der Waals surface area contributed by atoms with E-state index >= 15 is 0 Å². The maximum absolute atomic E-state index is 11.7. The fourth-order valence-corrected chi connectivity index (χ4v) is 2.79. The highest BCUT2D eigenvalue weighted by Gasteiger charge is 2.17. The molecular formula is C17H21NO. The molecule has 2 heteroatoms. The molecular weight excluding hydrogens is 234 g/mol. The molecule has 1 aromatic carbocycles. The zero-order chi connectivity index (χ0) is 14.5. The number of pyridine rings is 1. The van der Waals surface area contributed by atoms with Gasteiger partial charge in [0.05, 0.1) is 5.52 Å². The molecule has 0 spiro atoms. The van der Waals surface area contributed by atoms with Crippen molar-refractivity contribution in [2.45, 2.75) is 48.5 Å². The minimum absolute atomic E-state index is 0.0396. The zero-order valence-electron chi connectivity index (χ0n) is 12.9. The van der Waals surface area contributed by atoms with Gasteiger partial charge in [-0.2, -0.15) is 0 Å². The summed E-state index contributed by atoms with van der Waals surface area (Å²) in [6.07, 6.45) is 0. The Labute approximate surface area is 114 Å². The number of aromatic nitrogens is 1. The first-order chi connectivity index (χ1) is 8.77. The Morgan fingerprint density at radius 2 is 1.21 bits per heavy atom. The topological polar surface area (TPSA) is 30.0 Å². The van der Waals surface area contributed by atoms with Gasteiger partial charge in [0.15, 0.2) is 5.78 Å². The highest BCUT2D eigenvalue weighted by Crippen LogP contribution is 2.32. The third-order valence-corrected chi connectivity index (χ3v) is 4.50. The first kappa shape index (κ1) is 13.7. The highest BCUT2D eigenvalue weighted by atomic mass is 16.1. The number of Topliss-reactive ketones (excluding diaryl/α,β-unsaturated/α-hetero) is 1. The van der Waals surface area contributed by atoms with Gasteiger partial charge in [0.25, 0.3) is 0 Å². The van der Waals surface area contributed by atoms with E-state index in [-0.39, 0.29) is 5.78 Å². The van der Waals surface area contributed by atoms with Crippen LogP contribution in [0.25, 0.3) is 10.9 Å². The molecule has 0 fully saturated rings. The summed E-state index contributed by atoms with van der Waals surface area (Å²) in [4.78, 5) is 16.4. The second-order valence-corrected chi connectivity index (χ2v) is 5.49. The maximum Gasteiger partial charge on any atom is 0.178 e. The Morgan fingerprint density at radius 1 is 0.737 bits per heavy atom. The van der Waals surface area contributed by atoms with Crippen molar-refractivity contribution in [3.05, 3.63) is 39.1 Å². The number of nitrogens with zero attached hydrogens (tertiary/aromatic N) is 1. The van der Waals surface area contributed by atoms with Crippen LogP contribution in [0.4, 0.5) is 0 Å². The van der Waals surface area contributed by atoms with Gasteiger partial charge in [0, 0.05) is 12.3 Å². The normalized spacial score (nSPS) is 11.1. The van der Waals surface area contributed by atoms with E-state index in [1.165, 1.54) is 33.2 Å². The Kier molecular flexibility index (Phi) is 3.21. The Morgan fingerprint density at radius 3 is 1.74 bits per heavy atom. The quantitative estimate of drug-likeness (QED) is 0.712. The average Bonchev–Trinajstić information content (AvgIpc) is 2.36. The summed E-state index contributed by atoms with van der Waals surface area (Å²) in [6.45, 7) is 14.2. The zero-order valence-corrected chi connectivity index (χ0v) is 12.9. The molecule has 1 heterocycles. The number of rotatable bonds is 1. The van der Waals surface area contributed by atoms with E-state index in [1.807, 2.05) is 6.92 Å². The third kappa shape index (κ3) is 1.86. The fraction of sp³-hybridized carbons (Fsp3) is 0.412. The lowest BCUT2D eigenvalue weighted by atomic mass is 9.90. The number of aryl methyl sites for hydroxylation is 3. The number of hydrogen-bond donors (Lipinski definition) is 0. The lowest BCUT2D eigenvalue weighted by Gasteiger charge is -2.18. The molecule has 100 valence electrons. The summed E-state index contributed by atoms with van der Waals surface area (Å²) in [5.41, 5.74) is 8.83.